The second-order valence-corrected chi connectivity index (χ2v) is 4.35. The molecule has 5 heteroatoms. The molecule has 1 unspecified atom stereocenters. The molecule has 0 heterocycles. The van der Waals surface area contributed by atoms with E-state index in [4.69, 9.17) is 0 Å². The third-order valence-corrected chi connectivity index (χ3v) is 2.61. The summed E-state index contributed by atoms with van der Waals surface area (Å²) in [5.41, 5.74) is 0.947. The van der Waals surface area contributed by atoms with Gasteiger partial charge in [-0.15, -0.1) is 24.0 Å². The highest BCUT2D eigenvalue weighted by Gasteiger charge is 2.06. The lowest BCUT2D eigenvalue weighted by molar-refractivity contribution is 0.170. The number of aliphatic hydroxyl groups excluding tert-OH is 1. The van der Waals surface area contributed by atoms with Crippen LogP contribution in [0.1, 0.15) is 25.0 Å². The first-order valence-electron chi connectivity index (χ1n) is 6.33. The van der Waals surface area contributed by atoms with Gasteiger partial charge >= 0.3 is 0 Å². The van der Waals surface area contributed by atoms with Crippen LogP contribution in [0.4, 0.5) is 0 Å². The molecule has 108 valence electrons. The van der Waals surface area contributed by atoms with Crippen molar-refractivity contribution in [2.45, 2.75) is 19.4 Å². The molecule has 0 radical (unpaired) electrons. The average Bonchev–Trinajstić information content (AvgIpc) is 2.38. The van der Waals surface area contributed by atoms with Crippen LogP contribution >= 0.6 is 24.0 Å². The third-order valence-electron chi connectivity index (χ3n) is 2.61. The zero-order chi connectivity index (χ0) is 13.4. The largest absolute Gasteiger partial charge is 0.388 e. The Balaban J connectivity index is 0.00000324. The van der Waals surface area contributed by atoms with Gasteiger partial charge < -0.3 is 15.3 Å². The lowest BCUT2D eigenvalue weighted by Crippen LogP contribution is -2.36. The molecule has 0 aliphatic heterocycles. The van der Waals surface area contributed by atoms with Crippen LogP contribution < -0.4 is 5.32 Å². The van der Waals surface area contributed by atoms with Crippen LogP contribution in [0.5, 0.6) is 0 Å². The van der Waals surface area contributed by atoms with Crippen molar-refractivity contribution in [3.8, 4) is 0 Å². The highest BCUT2D eigenvalue weighted by atomic mass is 127. The summed E-state index contributed by atoms with van der Waals surface area (Å²) in [6.07, 6.45) is 0.187. The molecule has 0 aromatic heterocycles. The molecule has 0 aliphatic rings. The average molecular weight is 377 g/mol. The Morgan fingerprint density at radius 2 is 1.95 bits per heavy atom. The molecule has 0 fully saturated rings. The van der Waals surface area contributed by atoms with Crippen molar-refractivity contribution >= 4 is 29.9 Å². The molecular weight excluding hydrogens is 353 g/mol. The molecule has 19 heavy (non-hydrogen) atoms. The Bertz CT molecular complexity index is 368. The Morgan fingerprint density at radius 3 is 2.47 bits per heavy atom. The quantitative estimate of drug-likeness (QED) is 0.470. The van der Waals surface area contributed by atoms with Gasteiger partial charge in [-0.2, -0.15) is 0 Å². The van der Waals surface area contributed by atoms with E-state index in [9.17, 15) is 5.11 Å². The summed E-state index contributed by atoms with van der Waals surface area (Å²) in [4.78, 5) is 6.39. The van der Waals surface area contributed by atoms with Crippen molar-refractivity contribution in [2.75, 3.05) is 27.2 Å². The van der Waals surface area contributed by atoms with E-state index in [0.29, 0.717) is 13.0 Å². The maximum absolute atomic E-state index is 10.00. The highest BCUT2D eigenvalue weighted by molar-refractivity contribution is 14.0. The molecule has 0 bridgehead atoms. The molecular formula is C14H24IN3O. The number of guanidine groups is 1. The van der Waals surface area contributed by atoms with Crippen LogP contribution in [0.2, 0.25) is 0 Å². The zero-order valence-electron chi connectivity index (χ0n) is 11.8. The number of aliphatic imine (C=N–C) groups is 1. The maximum Gasteiger partial charge on any atom is 0.193 e. The summed E-state index contributed by atoms with van der Waals surface area (Å²) in [6.45, 7) is 3.49. The van der Waals surface area contributed by atoms with Gasteiger partial charge in [-0.3, -0.25) is 4.99 Å². The van der Waals surface area contributed by atoms with Gasteiger partial charge in [0.25, 0.3) is 0 Å². The van der Waals surface area contributed by atoms with Crippen molar-refractivity contribution in [3.05, 3.63) is 35.9 Å². The first kappa shape index (κ1) is 18.2. The Kier molecular flexibility index (Phi) is 9.59. The monoisotopic (exact) mass is 377 g/mol. The number of benzene rings is 1. The fourth-order valence-electron chi connectivity index (χ4n) is 1.65. The van der Waals surface area contributed by atoms with E-state index in [2.05, 4.69) is 10.3 Å². The normalized spacial score (nSPS) is 12.5. The van der Waals surface area contributed by atoms with Crippen LogP contribution in [-0.2, 0) is 0 Å². The standard InChI is InChI=1S/C14H23N3O.HI/c1-4-15-14(17(2)3)16-11-10-13(18)12-8-6-5-7-9-12;/h5-9,13,18H,4,10-11H2,1-3H3,(H,15,16);1H. The Hall–Kier alpha value is -0.820. The number of halogens is 1. The summed E-state index contributed by atoms with van der Waals surface area (Å²) in [7, 11) is 3.91. The maximum atomic E-state index is 10.00. The number of hydrogen-bond acceptors (Lipinski definition) is 2. The van der Waals surface area contributed by atoms with Crippen LogP contribution in [0.25, 0.3) is 0 Å². The van der Waals surface area contributed by atoms with Gasteiger partial charge in [0, 0.05) is 27.2 Å². The van der Waals surface area contributed by atoms with E-state index in [1.165, 1.54) is 0 Å². The second-order valence-electron chi connectivity index (χ2n) is 4.35. The molecule has 4 nitrogen and oxygen atoms in total. The second kappa shape index (κ2) is 10.0. The third kappa shape index (κ3) is 6.77. The van der Waals surface area contributed by atoms with Crippen LogP contribution in [-0.4, -0.2) is 43.2 Å². The van der Waals surface area contributed by atoms with Gasteiger partial charge in [-0.05, 0) is 18.9 Å². The zero-order valence-corrected chi connectivity index (χ0v) is 14.2. The number of aliphatic hydroxyl groups is 1. The van der Waals surface area contributed by atoms with Crippen LogP contribution in [0, 0.1) is 0 Å². The molecule has 0 saturated heterocycles. The fourth-order valence-corrected chi connectivity index (χ4v) is 1.65. The molecule has 0 spiro atoms. The molecule has 0 saturated carbocycles. The first-order valence-corrected chi connectivity index (χ1v) is 6.33. The predicted octanol–water partition coefficient (Wildman–Crippen LogP) is 2.26. The van der Waals surface area contributed by atoms with E-state index in [1.807, 2.05) is 56.3 Å². The smallest absolute Gasteiger partial charge is 0.193 e. The number of hydrogen-bond donors (Lipinski definition) is 2. The number of nitrogens with zero attached hydrogens (tertiary/aromatic N) is 2. The number of rotatable bonds is 5. The van der Waals surface area contributed by atoms with E-state index < -0.39 is 6.10 Å². The van der Waals surface area contributed by atoms with Crippen LogP contribution in [0.3, 0.4) is 0 Å². The van der Waals surface area contributed by atoms with Crippen molar-refractivity contribution in [1.82, 2.24) is 10.2 Å². The van der Waals surface area contributed by atoms with Gasteiger partial charge in [-0.1, -0.05) is 30.3 Å². The summed E-state index contributed by atoms with van der Waals surface area (Å²) < 4.78 is 0. The first-order chi connectivity index (χ1) is 8.65. The van der Waals surface area contributed by atoms with Gasteiger partial charge in [-0.25, -0.2) is 0 Å². The lowest BCUT2D eigenvalue weighted by Gasteiger charge is -2.17. The molecule has 2 N–H and O–H groups in total. The Labute approximate surface area is 132 Å². The minimum atomic E-state index is -0.444. The lowest BCUT2D eigenvalue weighted by atomic mass is 10.1. The van der Waals surface area contributed by atoms with Crippen LogP contribution in [0.15, 0.2) is 35.3 Å². The molecule has 0 amide bonds. The Morgan fingerprint density at radius 1 is 1.32 bits per heavy atom. The topological polar surface area (TPSA) is 47.9 Å². The van der Waals surface area contributed by atoms with Gasteiger partial charge in [0.1, 0.15) is 0 Å². The van der Waals surface area contributed by atoms with Crippen molar-refractivity contribution < 1.29 is 5.11 Å². The SMILES string of the molecule is CCNC(=NCCC(O)c1ccccc1)N(C)C.I. The molecule has 1 rings (SSSR count). The van der Waals surface area contributed by atoms with E-state index >= 15 is 0 Å². The van der Waals surface area contributed by atoms with Gasteiger partial charge in [0.05, 0.1) is 6.10 Å². The minimum Gasteiger partial charge on any atom is -0.388 e. The van der Waals surface area contributed by atoms with E-state index in [-0.39, 0.29) is 24.0 Å². The summed E-state index contributed by atoms with van der Waals surface area (Å²) in [5.74, 6) is 0.859. The highest BCUT2D eigenvalue weighted by Crippen LogP contribution is 2.15. The van der Waals surface area contributed by atoms with Crippen molar-refractivity contribution in [2.24, 2.45) is 4.99 Å². The number of nitrogens with one attached hydrogen (secondary N) is 1. The van der Waals surface area contributed by atoms with Crippen molar-refractivity contribution in [3.63, 3.8) is 0 Å². The van der Waals surface area contributed by atoms with E-state index in [0.717, 1.165) is 18.1 Å². The van der Waals surface area contributed by atoms with Gasteiger partial charge in [0.15, 0.2) is 5.96 Å². The van der Waals surface area contributed by atoms with E-state index in [1.54, 1.807) is 0 Å². The molecule has 0 aliphatic carbocycles. The van der Waals surface area contributed by atoms with Gasteiger partial charge in [0.2, 0.25) is 0 Å². The summed E-state index contributed by atoms with van der Waals surface area (Å²) in [5, 5.41) is 13.2. The van der Waals surface area contributed by atoms with Crippen molar-refractivity contribution in [1.29, 1.82) is 0 Å². The fraction of sp³-hybridized carbons (Fsp3) is 0.500. The summed E-state index contributed by atoms with van der Waals surface area (Å²) >= 11 is 0. The molecule has 1 aromatic rings. The predicted molar refractivity (Wildman–Crippen MR) is 91.1 cm³/mol. The summed E-state index contributed by atoms with van der Waals surface area (Å²) in [6, 6.07) is 9.69. The molecule has 1 aromatic carbocycles. The molecule has 1 atom stereocenters. The minimum absolute atomic E-state index is 0.